The topological polar surface area (TPSA) is 0 Å². The maximum atomic E-state index is 14.1. The molecular weight excluding hydrogens is 412 g/mol. The fourth-order valence-corrected chi connectivity index (χ4v) is 3.57. The van der Waals surface area contributed by atoms with Gasteiger partial charge in [-0.2, -0.15) is 0 Å². The van der Waals surface area contributed by atoms with Crippen LogP contribution in [0.1, 0.15) is 34.7 Å². The van der Waals surface area contributed by atoms with Crippen molar-refractivity contribution in [3.63, 3.8) is 0 Å². The molecule has 0 bridgehead atoms. The Balaban J connectivity index is 1.46. The van der Waals surface area contributed by atoms with Gasteiger partial charge in [-0.25, -0.2) is 17.6 Å². The lowest BCUT2D eigenvalue weighted by Gasteiger charge is -2.06. The standard InChI is InChI=1S/C28H20F4/c1-2-18-9-12-22(25(29)16-18)13-10-20-5-3-19(4-6-20)7-8-21-11-14-24-23(15-21)17-26(30)28(32)27(24)31/h3-6,9,11-12,14-17H,2,10,13H2,1H3. The average molecular weight is 432 g/mol. The van der Waals surface area contributed by atoms with Crippen LogP contribution < -0.4 is 0 Å². The summed E-state index contributed by atoms with van der Waals surface area (Å²) in [5.74, 6) is 1.92. The van der Waals surface area contributed by atoms with Gasteiger partial charge < -0.3 is 0 Å². The van der Waals surface area contributed by atoms with E-state index in [1.807, 2.05) is 43.3 Å². The van der Waals surface area contributed by atoms with Crippen molar-refractivity contribution in [2.24, 2.45) is 0 Å². The maximum Gasteiger partial charge on any atom is 0.195 e. The van der Waals surface area contributed by atoms with Gasteiger partial charge in [0, 0.05) is 16.5 Å². The van der Waals surface area contributed by atoms with Gasteiger partial charge >= 0.3 is 0 Å². The van der Waals surface area contributed by atoms with Gasteiger partial charge in [-0.15, -0.1) is 0 Å². The Labute approximate surface area is 184 Å². The van der Waals surface area contributed by atoms with Crippen molar-refractivity contribution in [1.29, 1.82) is 0 Å². The minimum Gasteiger partial charge on any atom is -0.207 e. The van der Waals surface area contributed by atoms with Gasteiger partial charge in [0.05, 0.1) is 0 Å². The van der Waals surface area contributed by atoms with Crippen LogP contribution in [0.4, 0.5) is 17.6 Å². The van der Waals surface area contributed by atoms with Gasteiger partial charge in [0.15, 0.2) is 17.5 Å². The van der Waals surface area contributed by atoms with Crippen LogP contribution in [0.25, 0.3) is 10.8 Å². The van der Waals surface area contributed by atoms with Crippen LogP contribution in [0.2, 0.25) is 0 Å². The zero-order chi connectivity index (χ0) is 22.7. The summed E-state index contributed by atoms with van der Waals surface area (Å²) in [4.78, 5) is 0. The molecule has 0 aromatic heterocycles. The summed E-state index contributed by atoms with van der Waals surface area (Å²) in [6.45, 7) is 2.00. The molecule has 0 saturated carbocycles. The Morgan fingerprint density at radius 1 is 0.625 bits per heavy atom. The molecule has 4 heteroatoms. The number of aryl methyl sites for hydroxylation is 3. The molecule has 0 spiro atoms. The summed E-state index contributed by atoms with van der Waals surface area (Å²) < 4.78 is 54.8. The zero-order valence-electron chi connectivity index (χ0n) is 17.5. The molecular formula is C28H20F4. The molecule has 0 unspecified atom stereocenters. The smallest absolute Gasteiger partial charge is 0.195 e. The fourth-order valence-electron chi connectivity index (χ4n) is 3.57. The molecule has 4 aromatic carbocycles. The quantitative estimate of drug-likeness (QED) is 0.183. The second-order valence-electron chi connectivity index (χ2n) is 7.65. The van der Waals surface area contributed by atoms with E-state index >= 15 is 0 Å². The summed E-state index contributed by atoms with van der Waals surface area (Å²) in [6, 6.07) is 18.5. The van der Waals surface area contributed by atoms with E-state index in [-0.39, 0.29) is 16.6 Å². The molecule has 160 valence electrons. The van der Waals surface area contributed by atoms with Crippen molar-refractivity contribution in [2.45, 2.75) is 26.2 Å². The Bertz CT molecular complexity index is 1340. The first-order chi connectivity index (χ1) is 15.4. The van der Waals surface area contributed by atoms with E-state index in [4.69, 9.17) is 0 Å². The number of hydrogen-bond acceptors (Lipinski definition) is 0. The van der Waals surface area contributed by atoms with Crippen molar-refractivity contribution >= 4 is 10.8 Å². The van der Waals surface area contributed by atoms with Gasteiger partial charge in [-0.3, -0.25) is 0 Å². The molecule has 0 fully saturated rings. The Morgan fingerprint density at radius 2 is 1.31 bits per heavy atom. The van der Waals surface area contributed by atoms with E-state index in [2.05, 4.69) is 11.8 Å². The van der Waals surface area contributed by atoms with Gasteiger partial charge in [-0.05, 0) is 77.7 Å². The third-order valence-corrected chi connectivity index (χ3v) is 5.49. The molecule has 0 aliphatic rings. The van der Waals surface area contributed by atoms with Crippen LogP contribution in [-0.2, 0) is 19.3 Å². The monoisotopic (exact) mass is 432 g/mol. The second kappa shape index (κ2) is 9.28. The number of benzene rings is 4. The van der Waals surface area contributed by atoms with Crippen LogP contribution in [0.15, 0.2) is 66.7 Å². The fraction of sp³-hybridized carbons (Fsp3) is 0.143. The predicted octanol–water partition coefficient (Wildman–Crippen LogP) is 7.14. The highest BCUT2D eigenvalue weighted by molar-refractivity contribution is 5.84. The molecule has 0 atom stereocenters. The highest BCUT2D eigenvalue weighted by Gasteiger charge is 2.13. The first-order valence-electron chi connectivity index (χ1n) is 10.4. The van der Waals surface area contributed by atoms with E-state index < -0.39 is 17.5 Å². The summed E-state index contributed by atoms with van der Waals surface area (Å²) >= 11 is 0. The molecule has 0 aliphatic carbocycles. The molecule has 0 nitrogen and oxygen atoms in total. The molecule has 0 radical (unpaired) electrons. The Kier molecular flexibility index (Phi) is 6.28. The highest BCUT2D eigenvalue weighted by Crippen LogP contribution is 2.24. The van der Waals surface area contributed by atoms with E-state index in [1.165, 1.54) is 12.1 Å². The number of hydrogen-bond donors (Lipinski definition) is 0. The van der Waals surface area contributed by atoms with E-state index in [1.54, 1.807) is 12.1 Å². The lowest BCUT2D eigenvalue weighted by molar-refractivity contribution is 0.453. The predicted molar refractivity (Wildman–Crippen MR) is 119 cm³/mol. The third kappa shape index (κ3) is 4.68. The van der Waals surface area contributed by atoms with Crippen molar-refractivity contribution in [3.05, 3.63) is 118 Å². The number of rotatable bonds is 4. The van der Waals surface area contributed by atoms with E-state index in [9.17, 15) is 17.6 Å². The highest BCUT2D eigenvalue weighted by atomic mass is 19.2. The summed E-state index contributed by atoms with van der Waals surface area (Å²) in [6.07, 6.45) is 2.14. The van der Waals surface area contributed by atoms with Crippen LogP contribution >= 0.6 is 0 Å². The molecule has 32 heavy (non-hydrogen) atoms. The molecule has 0 aliphatic heterocycles. The van der Waals surface area contributed by atoms with Crippen LogP contribution in [-0.4, -0.2) is 0 Å². The lowest BCUT2D eigenvalue weighted by Crippen LogP contribution is -1.96. The molecule has 0 N–H and O–H groups in total. The zero-order valence-corrected chi connectivity index (χ0v) is 17.5. The number of halogens is 4. The van der Waals surface area contributed by atoms with Crippen LogP contribution in [0.3, 0.4) is 0 Å². The Morgan fingerprint density at radius 3 is 2.03 bits per heavy atom. The van der Waals surface area contributed by atoms with Crippen molar-refractivity contribution in [2.75, 3.05) is 0 Å². The minimum atomic E-state index is -1.47. The molecule has 0 saturated heterocycles. The van der Waals surface area contributed by atoms with Crippen molar-refractivity contribution in [3.8, 4) is 11.8 Å². The molecule has 0 heterocycles. The molecule has 4 aromatic rings. The van der Waals surface area contributed by atoms with E-state index in [0.29, 0.717) is 24.0 Å². The third-order valence-electron chi connectivity index (χ3n) is 5.49. The number of fused-ring (bicyclic) bond motifs is 1. The van der Waals surface area contributed by atoms with Crippen molar-refractivity contribution < 1.29 is 17.6 Å². The van der Waals surface area contributed by atoms with Gasteiger partial charge in [0.1, 0.15) is 5.82 Å². The van der Waals surface area contributed by atoms with Gasteiger partial charge in [0.25, 0.3) is 0 Å². The average Bonchev–Trinajstić information content (AvgIpc) is 2.81. The maximum absolute atomic E-state index is 14.1. The lowest BCUT2D eigenvalue weighted by atomic mass is 10.0. The second-order valence-corrected chi connectivity index (χ2v) is 7.65. The van der Waals surface area contributed by atoms with Crippen LogP contribution in [0, 0.1) is 35.1 Å². The first kappa shape index (κ1) is 21.6. The summed E-state index contributed by atoms with van der Waals surface area (Å²) in [7, 11) is 0. The van der Waals surface area contributed by atoms with E-state index in [0.717, 1.165) is 29.2 Å². The summed E-state index contributed by atoms with van der Waals surface area (Å²) in [5.41, 5.74) is 4.12. The van der Waals surface area contributed by atoms with Gasteiger partial charge in [-0.1, -0.05) is 49.1 Å². The van der Waals surface area contributed by atoms with Gasteiger partial charge in [0.2, 0.25) is 0 Å². The largest absolute Gasteiger partial charge is 0.207 e. The molecule has 4 rings (SSSR count). The normalized spacial score (nSPS) is 10.8. The Hall–Kier alpha value is -3.58. The minimum absolute atomic E-state index is 0.0135. The van der Waals surface area contributed by atoms with Crippen LogP contribution in [0.5, 0.6) is 0 Å². The first-order valence-corrected chi connectivity index (χ1v) is 10.4. The van der Waals surface area contributed by atoms with Crippen molar-refractivity contribution in [1.82, 2.24) is 0 Å². The molecule has 0 amide bonds. The summed E-state index contributed by atoms with van der Waals surface area (Å²) in [5, 5.41) is 0.266. The SMILES string of the molecule is CCc1ccc(CCc2ccc(C#Cc3ccc4c(F)c(F)c(F)cc4c3)cc2)c(F)c1.